The van der Waals surface area contributed by atoms with Crippen molar-refractivity contribution in [3.8, 4) is 0 Å². The van der Waals surface area contributed by atoms with Crippen molar-refractivity contribution in [1.82, 2.24) is 9.62 Å². The zero-order valence-corrected chi connectivity index (χ0v) is 12.0. The molecule has 0 aromatic rings. The first-order valence-corrected chi connectivity index (χ1v) is 8.07. The first kappa shape index (κ1) is 15.4. The molecule has 18 heavy (non-hydrogen) atoms. The first-order chi connectivity index (χ1) is 8.34. The lowest BCUT2D eigenvalue weighted by atomic mass is 10.1. The molecule has 0 aromatic heterocycles. The van der Waals surface area contributed by atoms with Crippen molar-refractivity contribution in [3.63, 3.8) is 0 Å². The molecular weight excluding hydrogens is 256 g/mol. The van der Waals surface area contributed by atoms with E-state index in [0.29, 0.717) is 19.7 Å². The Labute approximate surface area is 109 Å². The number of nitrogens with one attached hydrogen (secondary N) is 1. The lowest BCUT2D eigenvalue weighted by Crippen LogP contribution is -2.49. The quantitative estimate of drug-likeness (QED) is 0.714. The summed E-state index contributed by atoms with van der Waals surface area (Å²) in [4.78, 5) is 11.4. The molecule has 1 rings (SSSR count). The van der Waals surface area contributed by atoms with E-state index >= 15 is 0 Å². The van der Waals surface area contributed by atoms with Crippen LogP contribution in [0.25, 0.3) is 0 Å². The van der Waals surface area contributed by atoms with Crippen LogP contribution in [0.3, 0.4) is 0 Å². The van der Waals surface area contributed by atoms with Crippen molar-refractivity contribution in [1.29, 1.82) is 0 Å². The molecule has 0 spiro atoms. The third-order valence-electron chi connectivity index (χ3n) is 3.05. The molecule has 1 N–H and O–H groups in total. The minimum atomic E-state index is -3.09. The number of nitrogens with zero attached hydrogens (tertiary/aromatic N) is 1. The van der Waals surface area contributed by atoms with Crippen LogP contribution in [-0.4, -0.2) is 56.7 Å². The van der Waals surface area contributed by atoms with Gasteiger partial charge in [0.2, 0.25) is 10.0 Å². The molecule has 0 radical (unpaired) electrons. The van der Waals surface area contributed by atoms with Gasteiger partial charge in [0.05, 0.1) is 12.9 Å². The molecule has 0 saturated carbocycles. The largest absolute Gasteiger partial charge is 0.465 e. The standard InChI is InChI=1S/C11H22N2O4S/c1-4-17-11(14)9(2)12-10-5-7-13(8-6-10)18(3,15)16/h9-10,12H,4-8H2,1-3H3. The summed E-state index contributed by atoms with van der Waals surface area (Å²) < 4.78 is 29.1. The van der Waals surface area contributed by atoms with Gasteiger partial charge in [0.15, 0.2) is 0 Å². The molecule has 1 saturated heterocycles. The van der Waals surface area contributed by atoms with E-state index in [9.17, 15) is 13.2 Å². The summed E-state index contributed by atoms with van der Waals surface area (Å²) >= 11 is 0. The summed E-state index contributed by atoms with van der Waals surface area (Å²) in [6.45, 7) is 4.92. The highest BCUT2D eigenvalue weighted by Crippen LogP contribution is 2.13. The predicted octanol–water partition coefficient (Wildman–Crippen LogP) is -0.0484. The van der Waals surface area contributed by atoms with E-state index in [-0.39, 0.29) is 18.1 Å². The Morgan fingerprint density at radius 2 is 2.00 bits per heavy atom. The van der Waals surface area contributed by atoms with Gasteiger partial charge in [-0.25, -0.2) is 12.7 Å². The molecule has 7 heteroatoms. The summed E-state index contributed by atoms with van der Waals surface area (Å²) in [6, 6.07) is -0.179. The summed E-state index contributed by atoms with van der Waals surface area (Å²) in [5, 5.41) is 3.18. The summed E-state index contributed by atoms with van der Waals surface area (Å²) in [5.41, 5.74) is 0. The Bertz CT molecular complexity index is 375. The Morgan fingerprint density at radius 3 is 2.44 bits per heavy atom. The molecule has 1 aliphatic rings. The van der Waals surface area contributed by atoms with Crippen molar-refractivity contribution in [2.24, 2.45) is 0 Å². The van der Waals surface area contributed by atoms with E-state index in [1.807, 2.05) is 0 Å². The van der Waals surface area contributed by atoms with Gasteiger partial charge in [-0.3, -0.25) is 4.79 Å². The van der Waals surface area contributed by atoms with Crippen molar-refractivity contribution in [2.45, 2.75) is 38.8 Å². The molecule has 0 aliphatic carbocycles. The predicted molar refractivity (Wildman–Crippen MR) is 68.7 cm³/mol. The number of sulfonamides is 1. The van der Waals surface area contributed by atoms with Gasteiger partial charge in [-0.05, 0) is 26.7 Å². The number of hydrogen-bond acceptors (Lipinski definition) is 5. The minimum Gasteiger partial charge on any atom is -0.465 e. The lowest BCUT2D eigenvalue weighted by molar-refractivity contribution is -0.145. The fourth-order valence-corrected chi connectivity index (χ4v) is 2.92. The van der Waals surface area contributed by atoms with Gasteiger partial charge < -0.3 is 10.1 Å². The number of piperidine rings is 1. The van der Waals surface area contributed by atoms with Gasteiger partial charge >= 0.3 is 5.97 Å². The van der Waals surface area contributed by atoms with Gasteiger partial charge in [0.1, 0.15) is 6.04 Å². The normalized spacial score (nSPS) is 20.6. The van der Waals surface area contributed by atoms with Crippen LogP contribution in [0.2, 0.25) is 0 Å². The number of esters is 1. The average molecular weight is 278 g/mol. The molecular formula is C11H22N2O4S. The van der Waals surface area contributed by atoms with Gasteiger partial charge in [-0.1, -0.05) is 0 Å². The van der Waals surface area contributed by atoms with Crippen LogP contribution >= 0.6 is 0 Å². The van der Waals surface area contributed by atoms with E-state index < -0.39 is 10.0 Å². The molecule has 0 aromatic carbocycles. The van der Waals surface area contributed by atoms with Crippen LogP contribution in [0.4, 0.5) is 0 Å². The maximum atomic E-state index is 11.4. The van der Waals surface area contributed by atoms with Gasteiger partial charge in [-0.15, -0.1) is 0 Å². The smallest absolute Gasteiger partial charge is 0.322 e. The second-order valence-corrected chi connectivity index (χ2v) is 6.56. The monoisotopic (exact) mass is 278 g/mol. The fourth-order valence-electron chi connectivity index (χ4n) is 2.04. The Balaban J connectivity index is 2.38. The van der Waals surface area contributed by atoms with E-state index in [0.717, 1.165) is 12.8 Å². The van der Waals surface area contributed by atoms with Gasteiger partial charge in [0.25, 0.3) is 0 Å². The van der Waals surface area contributed by atoms with E-state index in [1.165, 1.54) is 10.6 Å². The number of rotatable bonds is 5. The maximum Gasteiger partial charge on any atom is 0.322 e. The van der Waals surface area contributed by atoms with Crippen LogP contribution in [-0.2, 0) is 19.6 Å². The molecule has 6 nitrogen and oxygen atoms in total. The van der Waals surface area contributed by atoms with E-state index in [4.69, 9.17) is 4.74 Å². The highest BCUT2D eigenvalue weighted by molar-refractivity contribution is 7.88. The van der Waals surface area contributed by atoms with E-state index in [2.05, 4.69) is 5.32 Å². The molecule has 1 unspecified atom stereocenters. The fraction of sp³-hybridized carbons (Fsp3) is 0.909. The van der Waals surface area contributed by atoms with Crippen molar-refractivity contribution in [3.05, 3.63) is 0 Å². The summed E-state index contributed by atoms with van der Waals surface area (Å²) in [6.07, 6.45) is 2.66. The number of ether oxygens (including phenoxy) is 1. The number of hydrogen-bond donors (Lipinski definition) is 1. The molecule has 0 bridgehead atoms. The lowest BCUT2D eigenvalue weighted by Gasteiger charge is -2.31. The Hall–Kier alpha value is -0.660. The Kier molecular flexibility index (Phi) is 5.55. The van der Waals surface area contributed by atoms with E-state index in [1.54, 1.807) is 13.8 Å². The van der Waals surface area contributed by atoms with Crippen molar-refractivity contribution in [2.75, 3.05) is 26.0 Å². The van der Waals surface area contributed by atoms with Crippen LogP contribution < -0.4 is 5.32 Å². The zero-order chi connectivity index (χ0) is 13.8. The third-order valence-corrected chi connectivity index (χ3v) is 4.35. The summed E-state index contributed by atoms with van der Waals surface area (Å²) in [5.74, 6) is -0.261. The molecule has 106 valence electrons. The molecule has 1 fully saturated rings. The second-order valence-electron chi connectivity index (χ2n) is 4.58. The van der Waals surface area contributed by atoms with Crippen LogP contribution in [0.1, 0.15) is 26.7 Å². The molecule has 1 atom stereocenters. The molecule has 0 amide bonds. The molecule has 1 aliphatic heterocycles. The highest BCUT2D eigenvalue weighted by atomic mass is 32.2. The minimum absolute atomic E-state index is 0.169. The van der Waals surface area contributed by atoms with Crippen LogP contribution in [0.15, 0.2) is 0 Å². The summed E-state index contributed by atoms with van der Waals surface area (Å²) in [7, 11) is -3.09. The maximum absolute atomic E-state index is 11.4. The van der Waals surface area contributed by atoms with Gasteiger partial charge in [-0.2, -0.15) is 0 Å². The van der Waals surface area contributed by atoms with Crippen LogP contribution in [0.5, 0.6) is 0 Å². The topological polar surface area (TPSA) is 75.7 Å². The SMILES string of the molecule is CCOC(=O)C(C)NC1CCN(S(C)(=O)=O)CC1. The van der Waals surface area contributed by atoms with Crippen molar-refractivity contribution < 1.29 is 17.9 Å². The third kappa shape index (κ3) is 4.55. The zero-order valence-electron chi connectivity index (χ0n) is 11.2. The molecule has 1 heterocycles. The van der Waals surface area contributed by atoms with Gasteiger partial charge in [0, 0.05) is 19.1 Å². The highest BCUT2D eigenvalue weighted by Gasteiger charge is 2.26. The van der Waals surface area contributed by atoms with Crippen LogP contribution in [0, 0.1) is 0 Å². The number of carbonyl (C=O) groups excluding carboxylic acids is 1. The second kappa shape index (κ2) is 6.49. The Morgan fingerprint density at radius 1 is 1.44 bits per heavy atom. The average Bonchev–Trinajstić information content (AvgIpc) is 2.28. The van der Waals surface area contributed by atoms with Crippen molar-refractivity contribution >= 4 is 16.0 Å². The first-order valence-electron chi connectivity index (χ1n) is 6.22. The number of carbonyl (C=O) groups is 1.